The second-order valence-electron chi connectivity index (χ2n) is 8.19. The molecule has 6 nitrogen and oxygen atoms in total. The lowest BCUT2D eigenvalue weighted by atomic mass is 9.93. The van der Waals surface area contributed by atoms with Gasteiger partial charge in [0.05, 0.1) is 7.11 Å². The molecule has 4 rings (SSSR count). The van der Waals surface area contributed by atoms with E-state index in [2.05, 4.69) is 5.32 Å². The monoisotopic (exact) mass is 433 g/mol. The fourth-order valence-corrected chi connectivity index (χ4v) is 4.48. The fraction of sp³-hybridized carbons (Fsp3) is 0.308. The first kappa shape index (κ1) is 21.7. The number of furan rings is 1. The van der Waals surface area contributed by atoms with Gasteiger partial charge in [0.15, 0.2) is 6.04 Å². The van der Waals surface area contributed by atoms with Crippen LogP contribution in [0.2, 0.25) is 0 Å². The van der Waals surface area contributed by atoms with Gasteiger partial charge in [0.1, 0.15) is 17.1 Å². The average Bonchev–Trinajstić information content (AvgIpc) is 3.17. The highest BCUT2D eigenvalue weighted by molar-refractivity contribution is 5.99. The van der Waals surface area contributed by atoms with Gasteiger partial charge in [-0.05, 0) is 50.3 Å². The van der Waals surface area contributed by atoms with E-state index in [4.69, 9.17) is 9.15 Å². The average molecular weight is 434 g/mol. The molecule has 1 heterocycles. The van der Waals surface area contributed by atoms with Crippen LogP contribution in [-0.2, 0) is 22.4 Å². The van der Waals surface area contributed by atoms with E-state index < -0.39 is 17.9 Å². The molecule has 2 aromatic carbocycles. The SMILES string of the molecule is COc1c(/C(C)=C/C(=O)NC(C(=O)O)c2ccccc2)cc2c3c(oc2c1C)CCCC3. The minimum absolute atomic E-state index is 0.479. The quantitative estimate of drug-likeness (QED) is 0.536. The zero-order valence-corrected chi connectivity index (χ0v) is 18.5. The van der Waals surface area contributed by atoms with Crippen LogP contribution in [0.5, 0.6) is 5.75 Å². The van der Waals surface area contributed by atoms with Crippen LogP contribution >= 0.6 is 0 Å². The number of hydrogen-bond acceptors (Lipinski definition) is 4. The van der Waals surface area contributed by atoms with Crippen molar-refractivity contribution in [3.63, 3.8) is 0 Å². The third kappa shape index (κ3) is 4.00. The summed E-state index contributed by atoms with van der Waals surface area (Å²) in [6, 6.07) is 9.54. The third-order valence-corrected chi connectivity index (χ3v) is 6.07. The van der Waals surface area contributed by atoms with Gasteiger partial charge in [-0.3, -0.25) is 4.79 Å². The molecule has 1 amide bonds. The first-order valence-corrected chi connectivity index (χ1v) is 10.8. The largest absolute Gasteiger partial charge is 0.496 e. The fourth-order valence-electron chi connectivity index (χ4n) is 4.48. The molecular formula is C26H27NO5. The lowest BCUT2D eigenvalue weighted by molar-refractivity contribution is -0.141. The number of amides is 1. The minimum atomic E-state index is -1.13. The number of nitrogens with one attached hydrogen (secondary N) is 1. The topological polar surface area (TPSA) is 88.8 Å². The molecule has 1 aromatic heterocycles. The summed E-state index contributed by atoms with van der Waals surface area (Å²) in [5.41, 5.74) is 4.98. The number of fused-ring (bicyclic) bond motifs is 3. The first-order valence-electron chi connectivity index (χ1n) is 10.8. The second-order valence-corrected chi connectivity index (χ2v) is 8.19. The predicted octanol–water partition coefficient (Wildman–Crippen LogP) is 4.97. The Morgan fingerprint density at radius 2 is 1.91 bits per heavy atom. The van der Waals surface area contributed by atoms with Crippen LogP contribution in [0, 0.1) is 6.92 Å². The highest BCUT2D eigenvalue weighted by Crippen LogP contribution is 2.41. The van der Waals surface area contributed by atoms with Crippen LogP contribution in [0.15, 0.2) is 46.9 Å². The van der Waals surface area contributed by atoms with E-state index in [9.17, 15) is 14.7 Å². The number of methoxy groups -OCH3 is 1. The Balaban J connectivity index is 1.70. The Bertz CT molecular complexity index is 1210. The number of benzene rings is 2. The highest BCUT2D eigenvalue weighted by atomic mass is 16.5. The summed E-state index contributed by atoms with van der Waals surface area (Å²) in [5, 5.41) is 13.2. The van der Waals surface area contributed by atoms with E-state index in [1.807, 2.05) is 19.9 Å². The van der Waals surface area contributed by atoms with Gasteiger partial charge in [-0.15, -0.1) is 0 Å². The van der Waals surface area contributed by atoms with Crippen molar-refractivity contribution in [3.05, 3.63) is 70.5 Å². The molecular weight excluding hydrogens is 406 g/mol. The summed E-state index contributed by atoms with van der Waals surface area (Å²) in [7, 11) is 1.60. The first-order chi connectivity index (χ1) is 15.4. The molecule has 0 aliphatic heterocycles. The number of carboxylic acids is 1. The normalized spacial score (nSPS) is 14.7. The zero-order chi connectivity index (χ0) is 22.8. The molecule has 1 aliphatic rings. The standard InChI is InChI=1S/C26H27NO5/c1-15(13-22(28)27-23(26(29)30)17-9-5-4-6-10-17)19-14-20-18-11-7-8-12-21(18)32-25(20)16(2)24(19)31-3/h4-6,9-10,13-14,23H,7-8,11-12H2,1-3H3,(H,27,28)(H,29,30)/b15-13+. The molecule has 0 saturated heterocycles. The van der Waals surface area contributed by atoms with E-state index in [0.717, 1.165) is 53.5 Å². The predicted molar refractivity (Wildman–Crippen MR) is 123 cm³/mol. The van der Waals surface area contributed by atoms with Crippen molar-refractivity contribution in [1.82, 2.24) is 5.32 Å². The van der Waals surface area contributed by atoms with Gasteiger partial charge in [-0.1, -0.05) is 30.3 Å². The van der Waals surface area contributed by atoms with Crippen molar-refractivity contribution >= 4 is 28.4 Å². The zero-order valence-electron chi connectivity index (χ0n) is 18.5. The Morgan fingerprint density at radius 3 is 2.59 bits per heavy atom. The molecule has 166 valence electrons. The molecule has 0 bridgehead atoms. The van der Waals surface area contributed by atoms with E-state index in [0.29, 0.717) is 16.9 Å². The summed E-state index contributed by atoms with van der Waals surface area (Å²) in [4.78, 5) is 24.5. The number of carbonyl (C=O) groups excluding carboxylic acids is 1. The minimum Gasteiger partial charge on any atom is -0.496 e. The summed E-state index contributed by atoms with van der Waals surface area (Å²) >= 11 is 0. The molecule has 32 heavy (non-hydrogen) atoms. The van der Waals surface area contributed by atoms with Crippen molar-refractivity contribution in [2.45, 2.75) is 45.6 Å². The molecule has 0 radical (unpaired) electrons. The maximum atomic E-state index is 12.7. The van der Waals surface area contributed by atoms with Crippen LogP contribution in [-0.4, -0.2) is 24.1 Å². The molecule has 1 aliphatic carbocycles. The molecule has 0 spiro atoms. The van der Waals surface area contributed by atoms with Crippen molar-refractivity contribution < 1.29 is 23.8 Å². The lowest BCUT2D eigenvalue weighted by Crippen LogP contribution is -2.32. The number of carboxylic acid groups (broad SMARTS) is 1. The van der Waals surface area contributed by atoms with Gasteiger partial charge in [0.25, 0.3) is 0 Å². The van der Waals surface area contributed by atoms with Crippen LogP contribution in [0.3, 0.4) is 0 Å². The van der Waals surface area contributed by atoms with Gasteiger partial charge < -0.3 is 19.6 Å². The Morgan fingerprint density at radius 1 is 1.19 bits per heavy atom. The van der Waals surface area contributed by atoms with Gasteiger partial charge in [0, 0.05) is 34.6 Å². The summed E-state index contributed by atoms with van der Waals surface area (Å²) < 4.78 is 11.8. The number of hydrogen-bond donors (Lipinski definition) is 2. The van der Waals surface area contributed by atoms with Crippen LogP contribution in [0.1, 0.15) is 53.8 Å². The maximum absolute atomic E-state index is 12.7. The molecule has 1 unspecified atom stereocenters. The maximum Gasteiger partial charge on any atom is 0.330 e. The van der Waals surface area contributed by atoms with E-state index in [1.165, 1.54) is 11.6 Å². The number of allylic oxidation sites excluding steroid dienone is 1. The van der Waals surface area contributed by atoms with E-state index >= 15 is 0 Å². The summed E-state index contributed by atoms with van der Waals surface area (Å²) in [6.45, 7) is 3.79. The molecule has 1 atom stereocenters. The Kier molecular flexibility index (Phi) is 6.04. The van der Waals surface area contributed by atoms with Gasteiger partial charge in [0.2, 0.25) is 5.91 Å². The lowest BCUT2D eigenvalue weighted by Gasteiger charge is -2.15. The smallest absolute Gasteiger partial charge is 0.330 e. The number of rotatable bonds is 6. The third-order valence-electron chi connectivity index (χ3n) is 6.07. The van der Waals surface area contributed by atoms with E-state index in [1.54, 1.807) is 37.4 Å². The molecule has 0 saturated carbocycles. The van der Waals surface area contributed by atoms with Crippen molar-refractivity contribution in [2.24, 2.45) is 0 Å². The molecule has 6 heteroatoms. The highest BCUT2D eigenvalue weighted by Gasteiger charge is 2.24. The summed E-state index contributed by atoms with van der Waals surface area (Å²) in [5.74, 6) is 0.103. The van der Waals surface area contributed by atoms with Crippen LogP contribution in [0.25, 0.3) is 16.5 Å². The number of carbonyl (C=O) groups is 2. The van der Waals surface area contributed by atoms with Gasteiger partial charge in [-0.2, -0.15) is 0 Å². The second kappa shape index (κ2) is 8.91. The van der Waals surface area contributed by atoms with Crippen LogP contribution < -0.4 is 10.1 Å². The van der Waals surface area contributed by atoms with Gasteiger partial charge in [-0.25, -0.2) is 4.79 Å². The molecule has 3 aromatic rings. The molecule has 2 N–H and O–H groups in total. The van der Waals surface area contributed by atoms with Crippen molar-refractivity contribution in [1.29, 1.82) is 0 Å². The van der Waals surface area contributed by atoms with Crippen molar-refractivity contribution in [2.75, 3.05) is 7.11 Å². The number of ether oxygens (including phenoxy) is 1. The number of aliphatic carboxylic acids is 1. The summed E-state index contributed by atoms with van der Waals surface area (Å²) in [6.07, 6.45) is 5.60. The molecule has 0 fully saturated rings. The van der Waals surface area contributed by atoms with Crippen LogP contribution in [0.4, 0.5) is 0 Å². The Labute approximate surface area is 186 Å². The number of aryl methyl sites for hydroxylation is 3. The Hall–Kier alpha value is -3.54. The van der Waals surface area contributed by atoms with Gasteiger partial charge >= 0.3 is 5.97 Å². The van der Waals surface area contributed by atoms with E-state index in [-0.39, 0.29) is 0 Å². The van der Waals surface area contributed by atoms with Crippen molar-refractivity contribution in [3.8, 4) is 5.75 Å².